The number of aryl methyl sites for hydroxylation is 2. The number of aromatic nitrogens is 1. The normalized spacial score (nSPS) is 10.3. The molecule has 0 aliphatic carbocycles. The summed E-state index contributed by atoms with van der Waals surface area (Å²) in [5, 5.41) is 0. The Balaban J connectivity index is 2.47. The van der Waals surface area contributed by atoms with Crippen LogP contribution in [0.1, 0.15) is 35.3 Å². The fourth-order valence-corrected chi connectivity index (χ4v) is 2.16. The minimum atomic E-state index is 0.616. The van der Waals surface area contributed by atoms with Gasteiger partial charge in [-0.2, -0.15) is 0 Å². The summed E-state index contributed by atoms with van der Waals surface area (Å²) in [5.41, 5.74) is 5.49. The van der Waals surface area contributed by atoms with Crippen LogP contribution < -0.4 is 0 Å². The van der Waals surface area contributed by atoms with Crippen molar-refractivity contribution in [1.82, 2.24) is 4.98 Å². The van der Waals surface area contributed by atoms with Crippen LogP contribution in [-0.2, 0) is 12.8 Å². The first-order chi connectivity index (χ1) is 8.78. The van der Waals surface area contributed by atoms with Gasteiger partial charge in [0.15, 0.2) is 6.29 Å². The van der Waals surface area contributed by atoms with Crippen LogP contribution in [0.4, 0.5) is 0 Å². The van der Waals surface area contributed by atoms with Crippen molar-refractivity contribution in [2.75, 3.05) is 0 Å². The van der Waals surface area contributed by atoms with Gasteiger partial charge < -0.3 is 0 Å². The number of pyridine rings is 1. The summed E-state index contributed by atoms with van der Waals surface area (Å²) in [5.74, 6) is 0. The highest BCUT2D eigenvalue weighted by atomic mass is 16.1. The van der Waals surface area contributed by atoms with Crippen molar-refractivity contribution >= 4 is 6.29 Å². The van der Waals surface area contributed by atoms with Gasteiger partial charge in [0.1, 0.15) is 0 Å². The van der Waals surface area contributed by atoms with Crippen LogP contribution >= 0.6 is 0 Å². The number of rotatable bonds is 4. The molecular weight excluding hydrogens is 222 g/mol. The molecule has 0 fully saturated rings. The maximum absolute atomic E-state index is 10.8. The Morgan fingerprint density at radius 2 is 1.78 bits per heavy atom. The van der Waals surface area contributed by atoms with E-state index in [4.69, 9.17) is 0 Å². The third kappa shape index (κ3) is 2.48. The van der Waals surface area contributed by atoms with E-state index >= 15 is 0 Å². The predicted molar refractivity (Wildman–Crippen MR) is 73.8 cm³/mol. The molecule has 0 radical (unpaired) electrons. The molecule has 0 bridgehead atoms. The maximum Gasteiger partial charge on any atom is 0.151 e. The van der Waals surface area contributed by atoms with Gasteiger partial charge in [0.25, 0.3) is 0 Å². The van der Waals surface area contributed by atoms with E-state index < -0.39 is 0 Å². The van der Waals surface area contributed by atoms with E-state index in [1.807, 2.05) is 6.07 Å². The van der Waals surface area contributed by atoms with Gasteiger partial charge in [-0.15, -0.1) is 0 Å². The Bertz CT molecular complexity index is 561. The van der Waals surface area contributed by atoms with Crippen molar-refractivity contribution in [2.45, 2.75) is 26.7 Å². The van der Waals surface area contributed by atoms with Gasteiger partial charge in [-0.1, -0.05) is 32.0 Å². The van der Waals surface area contributed by atoms with Gasteiger partial charge in [-0.3, -0.25) is 9.78 Å². The summed E-state index contributed by atoms with van der Waals surface area (Å²) in [6.07, 6.45) is 6.29. The number of carbonyl (C=O) groups is 1. The molecule has 0 aliphatic rings. The molecule has 0 unspecified atom stereocenters. The third-order valence-electron chi connectivity index (χ3n) is 3.20. The summed E-state index contributed by atoms with van der Waals surface area (Å²) in [4.78, 5) is 14.9. The average molecular weight is 239 g/mol. The van der Waals surface area contributed by atoms with Crippen molar-refractivity contribution < 1.29 is 4.79 Å². The number of carbonyl (C=O) groups excluding carboxylic acids is 1. The second-order valence-corrected chi connectivity index (χ2v) is 4.32. The molecule has 2 rings (SSSR count). The smallest absolute Gasteiger partial charge is 0.151 e. The molecule has 0 atom stereocenters. The lowest BCUT2D eigenvalue weighted by Crippen LogP contribution is -1.92. The SMILES string of the molecule is CCc1ccc(-c2cncc(C=O)c2)cc1CC. The molecule has 2 heteroatoms. The van der Waals surface area contributed by atoms with Crippen LogP contribution in [0.2, 0.25) is 0 Å². The van der Waals surface area contributed by atoms with Crippen molar-refractivity contribution in [2.24, 2.45) is 0 Å². The molecule has 92 valence electrons. The fourth-order valence-electron chi connectivity index (χ4n) is 2.16. The van der Waals surface area contributed by atoms with Crippen LogP contribution in [0.15, 0.2) is 36.7 Å². The molecule has 0 saturated carbocycles. The Morgan fingerprint density at radius 3 is 2.44 bits per heavy atom. The molecule has 1 aromatic carbocycles. The van der Waals surface area contributed by atoms with Crippen LogP contribution in [0, 0.1) is 0 Å². The molecule has 2 aromatic rings. The quantitative estimate of drug-likeness (QED) is 0.762. The fraction of sp³-hybridized carbons (Fsp3) is 0.250. The minimum absolute atomic E-state index is 0.616. The molecule has 0 saturated heterocycles. The lowest BCUT2D eigenvalue weighted by molar-refractivity contribution is 0.112. The second-order valence-electron chi connectivity index (χ2n) is 4.32. The number of benzene rings is 1. The van der Waals surface area contributed by atoms with Gasteiger partial charge in [0, 0.05) is 23.5 Å². The monoisotopic (exact) mass is 239 g/mol. The molecule has 1 heterocycles. The summed E-state index contributed by atoms with van der Waals surface area (Å²) in [7, 11) is 0. The molecule has 0 N–H and O–H groups in total. The van der Waals surface area contributed by atoms with E-state index in [-0.39, 0.29) is 0 Å². The van der Waals surface area contributed by atoms with E-state index in [1.165, 1.54) is 11.1 Å². The van der Waals surface area contributed by atoms with E-state index in [0.29, 0.717) is 5.56 Å². The topological polar surface area (TPSA) is 30.0 Å². The van der Waals surface area contributed by atoms with Gasteiger partial charge >= 0.3 is 0 Å². The Kier molecular flexibility index (Phi) is 3.88. The first-order valence-electron chi connectivity index (χ1n) is 6.30. The summed E-state index contributed by atoms with van der Waals surface area (Å²) < 4.78 is 0. The Labute approximate surface area is 108 Å². The zero-order chi connectivity index (χ0) is 13.0. The predicted octanol–water partition coefficient (Wildman–Crippen LogP) is 3.69. The molecular formula is C16H17NO. The summed E-state index contributed by atoms with van der Waals surface area (Å²) in [6, 6.07) is 8.34. The van der Waals surface area contributed by atoms with Crippen molar-refractivity contribution in [1.29, 1.82) is 0 Å². The summed E-state index contributed by atoms with van der Waals surface area (Å²) >= 11 is 0. The van der Waals surface area contributed by atoms with Crippen LogP contribution in [0.25, 0.3) is 11.1 Å². The number of nitrogens with zero attached hydrogens (tertiary/aromatic N) is 1. The highest BCUT2D eigenvalue weighted by Gasteiger charge is 2.04. The van der Waals surface area contributed by atoms with Gasteiger partial charge in [0.2, 0.25) is 0 Å². The van der Waals surface area contributed by atoms with E-state index in [9.17, 15) is 4.79 Å². The van der Waals surface area contributed by atoms with E-state index in [2.05, 4.69) is 37.0 Å². The Morgan fingerprint density at radius 1 is 1.00 bits per heavy atom. The molecule has 2 nitrogen and oxygen atoms in total. The standard InChI is InChI=1S/C16H17NO/c1-3-13-5-6-15(8-14(13)4-2)16-7-12(11-18)9-17-10-16/h5-11H,3-4H2,1-2H3. The summed E-state index contributed by atoms with van der Waals surface area (Å²) in [6.45, 7) is 4.33. The van der Waals surface area contributed by atoms with Gasteiger partial charge in [-0.05, 0) is 35.6 Å². The second kappa shape index (κ2) is 5.58. The van der Waals surface area contributed by atoms with Gasteiger partial charge in [-0.25, -0.2) is 0 Å². The van der Waals surface area contributed by atoms with Crippen LogP contribution in [0.5, 0.6) is 0 Å². The first kappa shape index (κ1) is 12.5. The lowest BCUT2D eigenvalue weighted by atomic mass is 9.97. The highest BCUT2D eigenvalue weighted by molar-refractivity contribution is 5.78. The van der Waals surface area contributed by atoms with Crippen LogP contribution in [-0.4, -0.2) is 11.3 Å². The largest absolute Gasteiger partial charge is 0.298 e. The zero-order valence-corrected chi connectivity index (χ0v) is 10.8. The average Bonchev–Trinajstić information content (AvgIpc) is 2.46. The minimum Gasteiger partial charge on any atom is -0.298 e. The third-order valence-corrected chi connectivity index (χ3v) is 3.20. The number of aldehydes is 1. The molecule has 1 aromatic heterocycles. The van der Waals surface area contributed by atoms with E-state index in [1.54, 1.807) is 12.4 Å². The molecule has 0 aliphatic heterocycles. The van der Waals surface area contributed by atoms with Crippen molar-refractivity contribution in [3.8, 4) is 11.1 Å². The highest BCUT2D eigenvalue weighted by Crippen LogP contribution is 2.23. The number of hydrogen-bond acceptors (Lipinski definition) is 2. The van der Waals surface area contributed by atoms with Crippen LogP contribution in [0.3, 0.4) is 0 Å². The van der Waals surface area contributed by atoms with Crippen molar-refractivity contribution in [3.63, 3.8) is 0 Å². The maximum atomic E-state index is 10.8. The molecule has 0 spiro atoms. The van der Waals surface area contributed by atoms with Gasteiger partial charge in [0.05, 0.1) is 0 Å². The van der Waals surface area contributed by atoms with E-state index in [0.717, 1.165) is 30.3 Å². The Hall–Kier alpha value is -1.96. The first-order valence-corrected chi connectivity index (χ1v) is 6.30. The van der Waals surface area contributed by atoms with Crippen molar-refractivity contribution in [3.05, 3.63) is 53.3 Å². The lowest BCUT2D eigenvalue weighted by Gasteiger charge is -2.09. The number of hydrogen-bond donors (Lipinski definition) is 0. The molecule has 0 amide bonds. The zero-order valence-electron chi connectivity index (χ0n) is 10.8. The molecule has 18 heavy (non-hydrogen) atoms.